The van der Waals surface area contributed by atoms with Gasteiger partial charge in [0.1, 0.15) is 17.6 Å². The average Bonchev–Trinajstić information content (AvgIpc) is 3.35. The first-order chi connectivity index (χ1) is 15.0. The highest BCUT2D eigenvalue weighted by molar-refractivity contribution is 5.95. The number of anilines is 1. The normalized spacial score (nSPS) is 17.7. The van der Waals surface area contributed by atoms with Gasteiger partial charge in [-0.3, -0.25) is 9.59 Å². The van der Waals surface area contributed by atoms with E-state index < -0.39 is 0 Å². The van der Waals surface area contributed by atoms with Crippen LogP contribution in [0, 0.1) is 0 Å². The van der Waals surface area contributed by atoms with E-state index in [1.165, 1.54) is 6.08 Å². The smallest absolute Gasteiger partial charge is 0.244 e. The molecule has 4 rings (SSSR count). The molecule has 162 valence electrons. The largest absolute Gasteiger partial charge is 0.493 e. The Morgan fingerprint density at radius 2 is 2.10 bits per heavy atom. The Kier molecular flexibility index (Phi) is 6.26. The van der Waals surface area contributed by atoms with Crippen LogP contribution in [0.3, 0.4) is 0 Å². The first-order valence-electron chi connectivity index (χ1n) is 10.8. The van der Waals surface area contributed by atoms with Crippen LogP contribution >= 0.6 is 0 Å². The van der Waals surface area contributed by atoms with Gasteiger partial charge in [0.25, 0.3) is 0 Å². The second kappa shape index (κ2) is 9.25. The number of hydrogen-bond acceptors (Lipinski definition) is 4. The Balaban J connectivity index is 1.37. The van der Waals surface area contributed by atoms with Crippen LogP contribution in [-0.4, -0.2) is 31.1 Å². The molecule has 0 saturated carbocycles. The summed E-state index contributed by atoms with van der Waals surface area (Å²) >= 11 is 0. The lowest BCUT2D eigenvalue weighted by Crippen LogP contribution is -2.23. The highest BCUT2D eigenvalue weighted by Gasteiger charge is 2.22. The molecule has 0 aliphatic carbocycles. The lowest BCUT2D eigenvalue weighted by Gasteiger charge is -2.16. The Hall–Kier alpha value is -3.28. The molecule has 1 atom stereocenters. The number of nitrogens with zero attached hydrogens (tertiary/aromatic N) is 1. The highest BCUT2D eigenvalue weighted by Crippen LogP contribution is 2.35. The van der Waals surface area contributed by atoms with E-state index >= 15 is 0 Å². The zero-order valence-electron chi connectivity index (χ0n) is 18.0. The quantitative estimate of drug-likeness (QED) is 0.691. The third kappa shape index (κ3) is 4.90. The predicted molar refractivity (Wildman–Crippen MR) is 120 cm³/mol. The monoisotopic (exact) mass is 420 g/mol. The maximum Gasteiger partial charge on any atom is 0.244 e. The van der Waals surface area contributed by atoms with Crippen molar-refractivity contribution in [1.29, 1.82) is 0 Å². The number of rotatable bonds is 7. The molecule has 2 aliphatic rings. The Labute approximate surface area is 182 Å². The fraction of sp³-hybridized carbons (Fsp3) is 0.360. The van der Waals surface area contributed by atoms with Crippen molar-refractivity contribution in [3.63, 3.8) is 0 Å². The molecule has 31 heavy (non-hydrogen) atoms. The second-order valence-corrected chi connectivity index (χ2v) is 7.93. The number of benzene rings is 2. The van der Waals surface area contributed by atoms with E-state index in [4.69, 9.17) is 9.47 Å². The molecule has 1 N–H and O–H groups in total. The van der Waals surface area contributed by atoms with Gasteiger partial charge in [0.15, 0.2) is 0 Å². The van der Waals surface area contributed by atoms with Crippen LogP contribution in [0.25, 0.3) is 6.08 Å². The van der Waals surface area contributed by atoms with Crippen molar-refractivity contribution in [3.05, 3.63) is 59.2 Å². The molecule has 2 amide bonds. The lowest BCUT2D eigenvalue weighted by molar-refractivity contribution is -0.117. The zero-order valence-corrected chi connectivity index (χ0v) is 18.0. The van der Waals surface area contributed by atoms with E-state index in [1.54, 1.807) is 6.08 Å². The van der Waals surface area contributed by atoms with E-state index in [2.05, 4.69) is 5.32 Å². The van der Waals surface area contributed by atoms with Crippen molar-refractivity contribution >= 4 is 23.6 Å². The lowest BCUT2D eigenvalue weighted by atomic mass is 10.1. The Bertz CT molecular complexity index is 997. The van der Waals surface area contributed by atoms with Gasteiger partial charge in [-0.05, 0) is 56.2 Å². The summed E-state index contributed by atoms with van der Waals surface area (Å²) in [6.07, 6.45) is 5.81. The van der Waals surface area contributed by atoms with Crippen molar-refractivity contribution in [2.45, 2.75) is 45.8 Å². The van der Waals surface area contributed by atoms with Crippen LogP contribution in [0.15, 0.2) is 42.5 Å². The molecule has 1 fully saturated rings. The summed E-state index contributed by atoms with van der Waals surface area (Å²) in [5.41, 5.74) is 3.85. The van der Waals surface area contributed by atoms with E-state index in [0.29, 0.717) is 19.6 Å². The molecule has 2 aromatic rings. The van der Waals surface area contributed by atoms with E-state index in [9.17, 15) is 9.59 Å². The van der Waals surface area contributed by atoms with Gasteiger partial charge in [0, 0.05) is 48.8 Å². The van der Waals surface area contributed by atoms with Crippen molar-refractivity contribution in [1.82, 2.24) is 5.32 Å². The number of nitrogens with one attached hydrogen (secondary N) is 1. The summed E-state index contributed by atoms with van der Waals surface area (Å²) in [5, 5.41) is 2.90. The Morgan fingerprint density at radius 1 is 1.29 bits per heavy atom. The summed E-state index contributed by atoms with van der Waals surface area (Å²) in [7, 11) is 0. The summed E-state index contributed by atoms with van der Waals surface area (Å²) in [6, 6.07) is 11.7. The van der Waals surface area contributed by atoms with Gasteiger partial charge < -0.3 is 19.7 Å². The predicted octanol–water partition coefficient (Wildman–Crippen LogP) is 3.87. The minimum absolute atomic E-state index is 0.155. The fourth-order valence-corrected chi connectivity index (χ4v) is 3.99. The number of ether oxygens (including phenoxy) is 2. The van der Waals surface area contributed by atoms with Crippen molar-refractivity contribution in [2.24, 2.45) is 0 Å². The molecular formula is C25H28N2O4. The van der Waals surface area contributed by atoms with Crippen molar-refractivity contribution < 1.29 is 19.1 Å². The SMILES string of the molecule is CCOc1cc2c(cc1/C=C/C(=O)NCc1ccc(N3CCCC3=O)cc1)O[C@@H](C)C2. The van der Waals surface area contributed by atoms with Gasteiger partial charge in [0.05, 0.1) is 6.61 Å². The highest BCUT2D eigenvalue weighted by atomic mass is 16.5. The molecule has 0 aromatic heterocycles. The molecule has 6 nitrogen and oxygen atoms in total. The fourth-order valence-electron chi connectivity index (χ4n) is 3.99. The minimum atomic E-state index is -0.184. The minimum Gasteiger partial charge on any atom is -0.493 e. The standard InChI is InChI=1S/C25H28N2O4/c1-3-30-22-15-20-13-17(2)31-23(20)14-19(22)8-11-24(28)26-16-18-6-9-21(10-7-18)27-12-4-5-25(27)29/h6-11,14-15,17H,3-5,12-13,16H2,1-2H3,(H,26,28)/b11-8+/t17-/m0/s1. The molecule has 2 heterocycles. The third-order valence-corrected chi connectivity index (χ3v) is 5.53. The van der Waals surface area contributed by atoms with Crippen LogP contribution in [0.5, 0.6) is 11.5 Å². The first-order valence-corrected chi connectivity index (χ1v) is 10.8. The Morgan fingerprint density at radius 3 is 2.81 bits per heavy atom. The summed E-state index contributed by atoms with van der Waals surface area (Å²) in [4.78, 5) is 26.0. The second-order valence-electron chi connectivity index (χ2n) is 7.93. The zero-order chi connectivity index (χ0) is 21.8. The molecular weight excluding hydrogens is 392 g/mol. The number of carbonyl (C=O) groups excluding carboxylic acids is 2. The molecule has 0 radical (unpaired) electrons. The van der Waals surface area contributed by atoms with Crippen LogP contribution in [0.4, 0.5) is 5.69 Å². The summed E-state index contributed by atoms with van der Waals surface area (Å²) in [6.45, 7) is 5.73. The van der Waals surface area contributed by atoms with Crippen LogP contribution < -0.4 is 19.7 Å². The van der Waals surface area contributed by atoms with Gasteiger partial charge in [-0.25, -0.2) is 0 Å². The molecule has 0 bridgehead atoms. The molecule has 2 aromatic carbocycles. The summed E-state index contributed by atoms with van der Waals surface area (Å²) < 4.78 is 11.6. The van der Waals surface area contributed by atoms with E-state index in [-0.39, 0.29) is 17.9 Å². The number of fused-ring (bicyclic) bond motifs is 1. The maximum absolute atomic E-state index is 12.3. The molecule has 1 saturated heterocycles. The van der Waals surface area contributed by atoms with Crippen LogP contribution in [0.1, 0.15) is 43.4 Å². The molecule has 2 aliphatic heterocycles. The van der Waals surface area contributed by atoms with Gasteiger partial charge in [-0.1, -0.05) is 12.1 Å². The van der Waals surface area contributed by atoms with Gasteiger partial charge in [-0.2, -0.15) is 0 Å². The number of amides is 2. The topological polar surface area (TPSA) is 67.9 Å². The van der Waals surface area contributed by atoms with Crippen molar-refractivity contribution in [2.75, 3.05) is 18.1 Å². The molecule has 0 spiro atoms. The van der Waals surface area contributed by atoms with Gasteiger partial charge >= 0.3 is 0 Å². The third-order valence-electron chi connectivity index (χ3n) is 5.53. The van der Waals surface area contributed by atoms with E-state index in [1.807, 2.05) is 55.1 Å². The average molecular weight is 421 g/mol. The maximum atomic E-state index is 12.3. The van der Waals surface area contributed by atoms with Crippen LogP contribution in [0.2, 0.25) is 0 Å². The van der Waals surface area contributed by atoms with Crippen LogP contribution in [-0.2, 0) is 22.6 Å². The van der Waals surface area contributed by atoms with Crippen molar-refractivity contribution in [3.8, 4) is 11.5 Å². The number of carbonyl (C=O) groups is 2. The summed E-state index contributed by atoms with van der Waals surface area (Å²) in [5.74, 6) is 1.60. The molecule has 6 heteroatoms. The van der Waals surface area contributed by atoms with E-state index in [0.717, 1.165) is 53.3 Å². The number of hydrogen-bond donors (Lipinski definition) is 1. The van der Waals surface area contributed by atoms with Gasteiger partial charge in [-0.15, -0.1) is 0 Å². The molecule has 0 unspecified atom stereocenters. The first kappa shape index (κ1) is 21.0. The van der Waals surface area contributed by atoms with Gasteiger partial charge in [0.2, 0.25) is 11.8 Å².